The Morgan fingerprint density at radius 2 is 1.04 bits per heavy atom. The Balaban J connectivity index is 1.20. The number of nitrogens with zero attached hydrogens (tertiary/aromatic N) is 1. The Morgan fingerprint density at radius 1 is 0.407 bits per heavy atom. The Labute approximate surface area is 314 Å². The molecule has 1 aliphatic rings. The first kappa shape index (κ1) is 30.8. The van der Waals surface area contributed by atoms with Gasteiger partial charge in [0.2, 0.25) is 0 Å². The monoisotopic (exact) mass is 689 g/mol. The third kappa shape index (κ3) is 4.50. The Bertz CT molecular complexity index is 3110. The number of furan rings is 1. The zero-order valence-electron chi connectivity index (χ0n) is 30.1. The standard InChI is InChI=1S/C52H35NO/c1-52(2)45-21-7-5-15-37(45)42-30-43-44(31-46(42)52)49(33-26-24-32(25-27-33)47-22-9-10-28-53-47)39-17-3-4-18-40(39)50(43)35-14-11-13-34(29-35)36-19-12-20-41-38-16-6-8-23-48(38)54-51(36)41/h3-31H,1-2H3. The number of pyridine rings is 1. The van der Waals surface area contributed by atoms with Gasteiger partial charge in [0.25, 0.3) is 0 Å². The second-order valence-electron chi connectivity index (χ2n) is 15.1. The van der Waals surface area contributed by atoms with E-state index in [0.29, 0.717) is 0 Å². The fourth-order valence-electron chi connectivity index (χ4n) is 9.15. The fourth-order valence-corrected chi connectivity index (χ4v) is 9.15. The molecule has 0 unspecified atom stereocenters. The molecule has 0 saturated carbocycles. The Hall–Kier alpha value is -6.77. The number of fused-ring (bicyclic) bond motifs is 8. The molecule has 0 radical (unpaired) electrons. The number of rotatable bonds is 4. The molecule has 0 fully saturated rings. The number of para-hydroxylation sites is 2. The maximum Gasteiger partial charge on any atom is 0.143 e. The van der Waals surface area contributed by atoms with Gasteiger partial charge < -0.3 is 4.42 Å². The van der Waals surface area contributed by atoms with Crippen molar-refractivity contribution < 1.29 is 4.42 Å². The van der Waals surface area contributed by atoms with Gasteiger partial charge in [0.05, 0.1) is 5.69 Å². The molecule has 0 spiro atoms. The molecular weight excluding hydrogens is 655 g/mol. The topological polar surface area (TPSA) is 26.0 Å². The van der Waals surface area contributed by atoms with Gasteiger partial charge in [-0.25, -0.2) is 0 Å². The van der Waals surface area contributed by atoms with Gasteiger partial charge >= 0.3 is 0 Å². The molecular formula is C52H35NO. The van der Waals surface area contributed by atoms with Crippen molar-refractivity contribution in [2.24, 2.45) is 0 Å². The van der Waals surface area contributed by atoms with Crippen molar-refractivity contribution in [2.45, 2.75) is 19.3 Å². The van der Waals surface area contributed by atoms with Crippen molar-refractivity contribution in [3.8, 4) is 55.8 Å². The third-order valence-electron chi connectivity index (χ3n) is 11.7. The fraction of sp³-hybridized carbons (Fsp3) is 0.0577. The van der Waals surface area contributed by atoms with Crippen LogP contribution in [0.15, 0.2) is 180 Å². The summed E-state index contributed by atoms with van der Waals surface area (Å²) in [7, 11) is 0. The molecule has 11 rings (SSSR count). The van der Waals surface area contributed by atoms with E-state index in [9.17, 15) is 0 Å². The molecule has 0 saturated heterocycles. The minimum atomic E-state index is -0.128. The second kappa shape index (κ2) is 11.6. The summed E-state index contributed by atoms with van der Waals surface area (Å²) < 4.78 is 6.52. The average Bonchev–Trinajstić information content (AvgIpc) is 3.71. The maximum absolute atomic E-state index is 6.52. The van der Waals surface area contributed by atoms with Gasteiger partial charge in [-0.1, -0.05) is 147 Å². The summed E-state index contributed by atoms with van der Waals surface area (Å²) in [5.41, 5.74) is 16.3. The molecule has 54 heavy (non-hydrogen) atoms. The van der Waals surface area contributed by atoms with E-state index in [4.69, 9.17) is 4.42 Å². The normalized spacial score (nSPS) is 13.1. The van der Waals surface area contributed by atoms with Crippen LogP contribution in [0, 0.1) is 0 Å². The minimum Gasteiger partial charge on any atom is -0.455 e. The van der Waals surface area contributed by atoms with Crippen LogP contribution in [0.4, 0.5) is 0 Å². The largest absolute Gasteiger partial charge is 0.455 e. The summed E-state index contributed by atoms with van der Waals surface area (Å²) in [6.07, 6.45) is 1.86. The first-order valence-corrected chi connectivity index (χ1v) is 18.7. The zero-order chi connectivity index (χ0) is 36.0. The lowest BCUT2D eigenvalue weighted by Crippen LogP contribution is -2.14. The van der Waals surface area contributed by atoms with Crippen LogP contribution >= 0.6 is 0 Å². The third-order valence-corrected chi connectivity index (χ3v) is 11.7. The molecule has 0 bridgehead atoms. The van der Waals surface area contributed by atoms with Gasteiger partial charge in [-0.15, -0.1) is 0 Å². The number of hydrogen-bond acceptors (Lipinski definition) is 2. The van der Waals surface area contributed by atoms with Gasteiger partial charge in [0, 0.05) is 33.5 Å². The van der Waals surface area contributed by atoms with Crippen LogP contribution in [0.5, 0.6) is 0 Å². The van der Waals surface area contributed by atoms with Crippen LogP contribution in [0.2, 0.25) is 0 Å². The van der Waals surface area contributed by atoms with Crippen molar-refractivity contribution in [2.75, 3.05) is 0 Å². The SMILES string of the molecule is CC1(C)c2ccccc2-c2cc3c(-c4cccc(-c5cccc6c5oc5ccccc56)c4)c4ccccc4c(-c4ccc(-c5ccccn5)cc4)c3cc21. The van der Waals surface area contributed by atoms with E-state index < -0.39 is 0 Å². The second-order valence-corrected chi connectivity index (χ2v) is 15.1. The number of hydrogen-bond donors (Lipinski definition) is 0. The number of aromatic nitrogens is 1. The molecule has 2 aromatic heterocycles. The van der Waals surface area contributed by atoms with Gasteiger partial charge in [-0.05, 0) is 108 Å². The molecule has 0 amide bonds. The summed E-state index contributed by atoms with van der Waals surface area (Å²) in [4.78, 5) is 4.62. The van der Waals surface area contributed by atoms with Crippen LogP contribution in [0.25, 0.3) is 99.2 Å². The van der Waals surface area contributed by atoms with Gasteiger partial charge in [-0.3, -0.25) is 4.98 Å². The lowest BCUT2D eigenvalue weighted by molar-refractivity contribution is 0.661. The maximum atomic E-state index is 6.52. The van der Waals surface area contributed by atoms with Crippen molar-refractivity contribution in [1.82, 2.24) is 4.98 Å². The van der Waals surface area contributed by atoms with E-state index in [1.807, 2.05) is 24.4 Å². The molecule has 1 aliphatic carbocycles. The van der Waals surface area contributed by atoms with E-state index in [1.165, 1.54) is 66.1 Å². The molecule has 0 atom stereocenters. The van der Waals surface area contributed by atoms with Crippen LogP contribution < -0.4 is 0 Å². The van der Waals surface area contributed by atoms with Crippen LogP contribution in [0.3, 0.4) is 0 Å². The Morgan fingerprint density at radius 3 is 1.85 bits per heavy atom. The molecule has 0 aliphatic heterocycles. The van der Waals surface area contributed by atoms with E-state index in [1.54, 1.807) is 0 Å². The smallest absolute Gasteiger partial charge is 0.143 e. The summed E-state index contributed by atoms with van der Waals surface area (Å²) >= 11 is 0. The molecule has 0 N–H and O–H groups in total. The summed E-state index contributed by atoms with van der Waals surface area (Å²) in [5, 5.41) is 7.27. The minimum absolute atomic E-state index is 0.128. The summed E-state index contributed by atoms with van der Waals surface area (Å²) in [5.74, 6) is 0. The highest BCUT2D eigenvalue weighted by atomic mass is 16.3. The van der Waals surface area contributed by atoms with E-state index in [-0.39, 0.29) is 5.41 Å². The molecule has 2 heterocycles. The van der Waals surface area contributed by atoms with E-state index in [0.717, 1.165) is 44.3 Å². The molecule has 10 aromatic rings. The quantitative estimate of drug-likeness (QED) is 0.172. The van der Waals surface area contributed by atoms with Crippen molar-refractivity contribution in [3.05, 3.63) is 187 Å². The van der Waals surface area contributed by atoms with Gasteiger partial charge in [-0.2, -0.15) is 0 Å². The van der Waals surface area contributed by atoms with E-state index >= 15 is 0 Å². The van der Waals surface area contributed by atoms with Crippen molar-refractivity contribution >= 4 is 43.5 Å². The lowest BCUT2D eigenvalue weighted by atomic mass is 9.79. The molecule has 2 heteroatoms. The number of benzene rings is 8. The predicted octanol–water partition coefficient (Wildman–Crippen LogP) is 14.3. The highest BCUT2D eigenvalue weighted by Crippen LogP contribution is 2.53. The Kier molecular flexibility index (Phi) is 6.63. The lowest BCUT2D eigenvalue weighted by Gasteiger charge is -2.24. The van der Waals surface area contributed by atoms with Crippen molar-refractivity contribution in [1.29, 1.82) is 0 Å². The van der Waals surface area contributed by atoms with Crippen LogP contribution in [-0.4, -0.2) is 4.98 Å². The molecule has 8 aromatic carbocycles. The summed E-state index contributed by atoms with van der Waals surface area (Å²) in [6.45, 7) is 4.74. The van der Waals surface area contributed by atoms with Crippen LogP contribution in [-0.2, 0) is 5.41 Å². The first-order chi connectivity index (χ1) is 26.5. The van der Waals surface area contributed by atoms with Crippen molar-refractivity contribution in [3.63, 3.8) is 0 Å². The average molecular weight is 690 g/mol. The van der Waals surface area contributed by atoms with Crippen LogP contribution in [0.1, 0.15) is 25.0 Å². The molecule has 2 nitrogen and oxygen atoms in total. The molecule has 254 valence electrons. The highest BCUT2D eigenvalue weighted by Gasteiger charge is 2.36. The van der Waals surface area contributed by atoms with Gasteiger partial charge in [0.15, 0.2) is 0 Å². The highest BCUT2D eigenvalue weighted by molar-refractivity contribution is 6.23. The first-order valence-electron chi connectivity index (χ1n) is 18.7. The zero-order valence-corrected chi connectivity index (χ0v) is 30.1. The summed E-state index contributed by atoms with van der Waals surface area (Å²) in [6, 6.07) is 61.8. The van der Waals surface area contributed by atoms with Gasteiger partial charge in [0.1, 0.15) is 11.2 Å². The van der Waals surface area contributed by atoms with E-state index in [2.05, 4.69) is 170 Å². The predicted molar refractivity (Wildman–Crippen MR) is 226 cm³/mol.